The van der Waals surface area contributed by atoms with Crippen molar-refractivity contribution in [2.75, 3.05) is 0 Å². The minimum Gasteiger partial charge on any atom is -0.271 e. The van der Waals surface area contributed by atoms with Gasteiger partial charge in [-0.1, -0.05) is 6.92 Å². The van der Waals surface area contributed by atoms with Crippen molar-refractivity contribution >= 4 is 0 Å². The van der Waals surface area contributed by atoms with Crippen LogP contribution in [-0.2, 0) is 12.8 Å². The van der Waals surface area contributed by atoms with Crippen LogP contribution in [0.3, 0.4) is 0 Å². The smallest absolute Gasteiger partial charge is 0.0676 e. The third-order valence-electron chi connectivity index (χ3n) is 3.54. The van der Waals surface area contributed by atoms with E-state index in [1.54, 1.807) is 0 Å². The lowest BCUT2D eigenvalue weighted by molar-refractivity contribution is 0.503. The minimum atomic E-state index is -0.00957. The van der Waals surface area contributed by atoms with E-state index in [0.29, 0.717) is 6.04 Å². The van der Waals surface area contributed by atoms with Crippen LogP contribution in [0.25, 0.3) is 0 Å². The summed E-state index contributed by atoms with van der Waals surface area (Å²) in [5, 5.41) is 13.0. The van der Waals surface area contributed by atoms with Crippen molar-refractivity contribution in [3.63, 3.8) is 0 Å². The van der Waals surface area contributed by atoms with Gasteiger partial charge in [0.25, 0.3) is 0 Å². The number of hydrogen-bond acceptors (Lipinski definition) is 5. The molecule has 6 nitrogen and oxygen atoms in total. The lowest BCUT2D eigenvalue weighted by Crippen LogP contribution is -2.31. The Labute approximate surface area is 125 Å². The Kier molecular flexibility index (Phi) is 5.03. The van der Waals surface area contributed by atoms with E-state index in [0.717, 1.165) is 35.5 Å². The van der Waals surface area contributed by atoms with Gasteiger partial charge >= 0.3 is 0 Å². The molecule has 0 saturated carbocycles. The van der Waals surface area contributed by atoms with E-state index >= 15 is 0 Å². The van der Waals surface area contributed by atoms with Crippen molar-refractivity contribution in [1.82, 2.24) is 25.4 Å². The van der Waals surface area contributed by atoms with Crippen LogP contribution in [0.2, 0.25) is 0 Å². The molecule has 2 heterocycles. The van der Waals surface area contributed by atoms with Gasteiger partial charge in [0.1, 0.15) is 0 Å². The van der Waals surface area contributed by atoms with Crippen LogP contribution in [0.15, 0.2) is 18.3 Å². The average molecular weight is 288 g/mol. The molecule has 0 saturated heterocycles. The monoisotopic (exact) mass is 288 g/mol. The Morgan fingerprint density at radius 3 is 2.67 bits per heavy atom. The van der Waals surface area contributed by atoms with E-state index in [1.165, 1.54) is 0 Å². The molecule has 0 aliphatic carbocycles. The van der Waals surface area contributed by atoms with Gasteiger partial charge in [-0.05, 0) is 44.9 Å². The van der Waals surface area contributed by atoms with Crippen LogP contribution in [-0.4, -0.2) is 20.0 Å². The molecule has 0 amide bonds. The molecule has 0 aromatic carbocycles. The molecule has 0 aliphatic heterocycles. The summed E-state index contributed by atoms with van der Waals surface area (Å²) in [6.45, 7) is 8.24. The molecular weight excluding hydrogens is 264 g/mol. The van der Waals surface area contributed by atoms with E-state index in [-0.39, 0.29) is 6.04 Å². The molecule has 2 aromatic heterocycles. The molecular formula is C15H24N6. The van der Waals surface area contributed by atoms with Crippen molar-refractivity contribution in [2.45, 2.75) is 52.6 Å². The molecule has 0 spiro atoms. The molecule has 2 rings (SSSR count). The van der Waals surface area contributed by atoms with Crippen molar-refractivity contribution in [2.24, 2.45) is 5.84 Å². The van der Waals surface area contributed by atoms with Gasteiger partial charge in [0.15, 0.2) is 0 Å². The first kappa shape index (κ1) is 15.6. The molecule has 6 heteroatoms. The number of nitrogens with zero attached hydrogens (tertiary/aromatic N) is 4. The Morgan fingerprint density at radius 2 is 2.10 bits per heavy atom. The van der Waals surface area contributed by atoms with Crippen molar-refractivity contribution < 1.29 is 0 Å². The summed E-state index contributed by atoms with van der Waals surface area (Å²) < 4.78 is 1.96. The second kappa shape index (κ2) is 6.78. The second-order valence-electron chi connectivity index (χ2n) is 5.55. The number of nitrogens with two attached hydrogens (primary N) is 1. The summed E-state index contributed by atoms with van der Waals surface area (Å²) in [6, 6.07) is 4.44. The zero-order chi connectivity index (χ0) is 15.4. The van der Waals surface area contributed by atoms with Gasteiger partial charge < -0.3 is 0 Å². The maximum Gasteiger partial charge on any atom is 0.0676 e. The third kappa shape index (κ3) is 3.65. The predicted octanol–water partition coefficient (Wildman–Crippen LogP) is 1.87. The summed E-state index contributed by atoms with van der Waals surface area (Å²) in [5.41, 5.74) is 6.89. The van der Waals surface area contributed by atoms with Gasteiger partial charge in [0.05, 0.1) is 23.1 Å². The van der Waals surface area contributed by atoms with Crippen molar-refractivity contribution in [1.29, 1.82) is 0 Å². The normalized spacial score (nSPS) is 12.9. The summed E-state index contributed by atoms with van der Waals surface area (Å²) >= 11 is 0. The molecule has 21 heavy (non-hydrogen) atoms. The highest BCUT2D eigenvalue weighted by molar-refractivity contribution is 5.26. The van der Waals surface area contributed by atoms with Crippen molar-refractivity contribution in [3.8, 4) is 0 Å². The topological polar surface area (TPSA) is 81.7 Å². The first-order valence-corrected chi connectivity index (χ1v) is 7.38. The zero-order valence-corrected chi connectivity index (χ0v) is 13.2. The van der Waals surface area contributed by atoms with Crippen LogP contribution < -0.4 is 11.3 Å². The van der Waals surface area contributed by atoms with Gasteiger partial charge in [-0.15, -0.1) is 0 Å². The Morgan fingerprint density at radius 1 is 1.33 bits per heavy atom. The minimum absolute atomic E-state index is 0.00957. The average Bonchev–Trinajstić information content (AvgIpc) is 2.93. The number of hydrazine groups is 1. The molecule has 2 aromatic rings. The maximum atomic E-state index is 5.76. The van der Waals surface area contributed by atoms with Gasteiger partial charge in [0, 0.05) is 18.7 Å². The standard InChI is InChI=1S/C15H24N6/c1-5-14-13(8-11(4)18-19-14)15(17-16)9-12-6-7-21(20-12)10(2)3/h6-8,10,15,17H,5,9,16H2,1-4H3. The fourth-order valence-electron chi connectivity index (χ4n) is 2.35. The first-order chi connectivity index (χ1) is 10.0. The van der Waals surface area contributed by atoms with E-state index in [1.807, 2.05) is 23.9 Å². The summed E-state index contributed by atoms with van der Waals surface area (Å²) in [5.74, 6) is 5.76. The highest BCUT2D eigenvalue weighted by atomic mass is 15.3. The van der Waals surface area contributed by atoms with Gasteiger partial charge in [-0.25, -0.2) is 0 Å². The molecule has 0 radical (unpaired) electrons. The Hall–Kier alpha value is -1.79. The summed E-state index contributed by atoms with van der Waals surface area (Å²) in [7, 11) is 0. The second-order valence-corrected chi connectivity index (χ2v) is 5.55. The van der Waals surface area contributed by atoms with Crippen LogP contribution in [0.5, 0.6) is 0 Å². The number of rotatable bonds is 6. The summed E-state index contributed by atoms with van der Waals surface area (Å²) in [4.78, 5) is 0. The number of aromatic nitrogens is 4. The molecule has 114 valence electrons. The maximum absolute atomic E-state index is 5.76. The number of nitrogens with one attached hydrogen (secondary N) is 1. The SMILES string of the molecule is CCc1nnc(C)cc1C(Cc1ccn(C(C)C)n1)NN. The number of hydrogen-bond donors (Lipinski definition) is 2. The van der Waals surface area contributed by atoms with E-state index in [4.69, 9.17) is 5.84 Å². The largest absolute Gasteiger partial charge is 0.271 e. The Balaban J connectivity index is 2.25. The lowest BCUT2D eigenvalue weighted by Gasteiger charge is -2.18. The lowest BCUT2D eigenvalue weighted by atomic mass is 10.00. The molecule has 0 aliphatic rings. The van der Waals surface area contributed by atoms with Crippen LogP contribution >= 0.6 is 0 Å². The molecule has 1 unspecified atom stereocenters. The third-order valence-corrected chi connectivity index (χ3v) is 3.54. The van der Waals surface area contributed by atoms with E-state index < -0.39 is 0 Å². The fraction of sp³-hybridized carbons (Fsp3) is 0.533. The highest BCUT2D eigenvalue weighted by Gasteiger charge is 2.17. The Bertz CT molecular complexity index is 590. The number of aryl methyl sites for hydroxylation is 2. The van der Waals surface area contributed by atoms with Crippen LogP contribution in [0.4, 0.5) is 0 Å². The quantitative estimate of drug-likeness (QED) is 0.626. The highest BCUT2D eigenvalue weighted by Crippen LogP contribution is 2.21. The summed E-state index contributed by atoms with van der Waals surface area (Å²) in [6.07, 6.45) is 3.57. The van der Waals surface area contributed by atoms with Crippen LogP contribution in [0.1, 0.15) is 55.5 Å². The predicted molar refractivity (Wildman–Crippen MR) is 82.5 cm³/mol. The molecule has 0 bridgehead atoms. The van der Waals surface area contributed by atoms with E-state index in [2.05, 4.69) is 47.6 Å². The van der Waals surface area contributed by atoms with Crippen LogP contribution in [0, 0.1) is 6.92 Å². The van der Waals surface area contributed by atoms with Crippen molar-refractivity contribution in [3.05, 3.63) is 41.0 Å². The van der Waals surface area contributed by atoms with Gasteiger partial charge in [-0.3, -0.25) is 16.0 Å². The molecule has 0 fully saturated rings. The van der Waals surface area contributed by atoms with Gasteiger partial charge in [-0.2, -0.15) is 15.3 Å². The molecule has 3 N–H and O–H groups in total. The molecule has 1 atom stereocenters. The van der Waals surface area contributed by atoms with E-state index in [9.17, 15) is 0 Å². The first-order valence-electron chi connectivity index (χ1n) is 7.38. The van der Waals surface area contributed by atoms with Gasteiger partial charge in [0.2, 0.25) is 0 Å². The fourth-order valence-corrected chi connectivity index (χ4v) is 2.35. The zero-order valence-electron chi connectivity index (χ0n) is 13.2.